The van der Waals surface area contributed by atoms with Crippen molar-refractivity contribution in [1.82, 2.24) is 19.8 Å². The van der Waals surface area contributed by atoms with Gasteiger partial charge in [0.15, 0.2) is 0 Å². The summed E-state index contributed by atoms with van der Waals surface area (Å²) in [5, 5.41) is 2.36. The summed E-state index contributed by atoms with van der Waals surface area (Å²) >= 11 is 0. The third kappa shape index (κ3) is 5.75. The number of hydrogen-bond acceptors (Lipinski definition) is 5. The number of aromatic nitrogens is 2. The average Bonchev–Trinajstić information content (AvgIpc) is 3.47. The molecule has 1 aromatic carbocycles. The summed E-state index contributed by atoms with van der Waals surface area (Å²) in [7, 11) is 1.87. The van der Waals surface area contributed by atoms with Crippen LogP contribution in [0.3, 0.4) is 0 Å². The zero-order valence-corrected chi connectivity index (χ0v) is 22.4. The monoisotopic (exact) mass is 515 g/mol. The molecule has 3 aliphatic rings. The lowest BCUT2D eigenvalue weighted by atomic mass is 9.88. The van der Waals surface area contributed by atoms with E-state index in [0.717, 1.165) is 37.6 Å². The topological polar surface area (TPSA) is 79.7 Å². The number of ether oxygens (including phenoxy) is 1. The molecule has 0 bridgehead atoms. The highest BCUT2D eigenvalue weighted by Crippen LogP contribution is 2.29. The molecule has 5 rings (SSSR count). The van der Waals surface area contributed by atoms with Gasteiger partial charge < -0.3 is 9.30 Å². The second-order valence-corrected chi connectivity index (χ2v) is 10.6. The Kier molecular flexibility index (Phi) is 7.79. The molecule has 38 heavy (non-hydrogen) atoms. The van der Waals surface area contributed by atoms with E-state index in [9.17, 15) is 9.59 Å². The van der Waals surface area contributed by atoms with Crippen molar-refractivity contribution in [3.8, 4) is 5.75 Å². The molecule has 1 saturated heterocycles. The zero-order chi connectivity index (χ0) is 26.6. The molecule has 0 unspecified atom stereocenters. The van der Waals surface area contributed by atoms with E-state index in [-0.39, 0.29) is 12.3 Å². The first-order valence-electron chi connectivity index (χ1n) is 13.5. The molecule has 3 heterocycles. The van der Waals surface area contributed by atoms with Gasteiger partial charge in [-0.25, -0.2) is 9.78 Å². The highest BCUT2D eigenvalue weighted by Gasteiger charge is 2.27. The van der Waals surface area contributed by atoms with Crippen molar-refractivity contribution in [3.05, 3.63) is 71.7 Å². The van der Waals surface area contributed by atoms with Gasteiger partial charge in [-0.2, -0.15) is 0 Å². The predicted octanol–water partition coefficient (Wildman–Crippen LogP) is 4.84. The van der Waals surface area contributed by atoms with E-state index in [1.54, 1.807) is 11.1 Å². The van der Waals surface area contributed by atoms with Crippen LogP contribution in [-0.4, -0.2) is 52.1 Å². The van der Waals surface area contributed by atoms with E-state index >= 15 is 0 Å². The smallest absolute Gasteiger partial charge is 0.329 e. The number of anilines is 1. The maximum atomic E-state index is 12.2. The fourth-order valence-corrected chi connectivity index (χ4v) is 5.55. The van der Waals surface area contributed by atoms with Crippen LogP contribution in [0.25, 0.3) is 6.08 Å². The minimum Gasteiger partial charge on any atom is -0.490 e. The van der Waals surface area contributed by atoms with E-state index < -0.39 is 6.03 Å². The molecule has 0 spiro atoms. The average molecular weight is 516 g/mol. The molecule has 8 heteroatoms. The second-order valence-electron chi connectivity index (χ2n) is 10.6. The van der Waals surface area contributed by atoms with Gasteiger partial charge in [-0.3, -0.25) is 19.9 Å². The Balaban J connectivity index is 1.19. The fourth-order valence-electron chi connectivity index (χ4n) is 5.55. The maximum absolute atomic E-state index is 12.2. The molecule has 2 atom stereocenters. The minimum atomic E-state index is -0.411. The van der Waals surface area contributed by atoms with Crippen LogP contribution >= 0.6 is 0 Å². The number of hydrogen-bond donors (Lipinski definition) is 1. The largest absolute Gasteiger partial charge is 0.490 e. The molecule has 1 aliphatic carbocycles. The summed E-state index contributed by atoms with van der Waals surface area (Å²) in [6.45, 7) is 9.19. The van der Waals surface area contributed by atoms with Crippen molar-refractivity contribution < 1.29 is 14.3 Å². The number of rotatable bonds is 8. The van der Waals surface area contributed by atoms with E-state index in [2.05, 4.69) is 59.0 Å². The Morgan fingerprint density at radius 1 is 1.11 bits per heavy atom. The van der Waals surface area contributed by atoms with Crippen molar-refractivity contribution in [2.24, 2.45) is 13.0 Å². The van der Waals surface area contributed by atoms with Crippen molar-refractivity contribution in [1.29, 1.82) is 0 Å². The summed E-state index contributed by atoms with van der Waals surface area (Å²) in [5.41, 5.74) is 3.67. The van der Waals surface area contributed by atoms with Gasteiger partial charge in [-0.15, -0.1) is 0 Å². The van der Waals surface area contributed by atoms with Crippen LogP contribution in [-0.2, 0) is 18.4 Å². The van der Waals surface area contributed by atoms with E-state index in [0.29, 0.717) is 24.4 Å². The van der Waals surface area contributed by atoms with Crippen LogP contribution in [0, 0.1) is 5.92 Å². The van der Waals surface area contributed by atoms with Crippen molar-refractivity contribution in [2.45, 2.75) is 51.7 Å². The number of benzene rings is 1. The van der Waals surface area contributed by atoms with Crippen LogP contribution in [0.5, 0.6) is 5.75 Å². The minimum absolute atomic E-state index is 0.249. The van der Waals surface area contributed by atoms with Crippen LogP contribution in [0.4, 0.5) is 10.6 Å². The molecule has 1 aromatic heterocycles. The zero-order valence-electron chi connectivity index (χ0n) is 22.4. The summed E-state index contributed by atoms with van der Waals surface area (Å²) < 4.78 is 8.15. The van der Waals surface area contributed by atoms with Gasteiger partial charge in [-0.05, 0) is 60.1 Å². The standard InChI is InChI=1S/C30H37N5O3/c1-4-23-19-34(18-22-9-12-25(13-10-22)38-26-8-6-5-7-21(26)2)20-24(23)11-14-27-31-17-29(33(27)3)35-16-15-28(36)32-30(35)37/h4,9-14,17,21,26H,1,5-8,15-16,18-20H2,2-3H3,(H,32,36,37)/b14-11+/t21-,26+/m0/s1. The van der Waals surface area contributed by atoms with Gasteiger partial charge in [0.25, 0.3) is 0 Å². The van der Waals surface area contributed by atoms with Crippen molar-refractivity contribution >= 4 is 23.8 Å². The molecule has 8 nitrogen and oxygen atoms in total. The van der Waals surface area contributed by atoms with Gasteiger partial charge in [0.2, 0.25) is 5.91 Å². The van der Waals surface area contributed by atoms with Gasteiger partial charge >= 0.3 is 6.03 Å². The molecule has 3 amide bonds. The third-order valence-electron chi connectivity index (χ3n) is 7.86. The van der Waals surface area contributed by atoms with Crippen LogP contribution in [0.2, 0.25) is 0 Å². The molecule has 2 fully saturated rings. The van der Waals surface area contributed by atoms with Crippen molar-refractivity contribution in [2.75, 3.05) is 24.5 Å². The molecule has 200 valence electrons. The maximum Gasteiger partial charge on any atom is 0.329 e. The van der Waals surface area contributed by atoms with E-state index in [1.165, 1.54) is 36.0 Å². The summed E-state index contributed by atoms with van der Waals surface area (Å²) in [6, 6.07) is 8.14. The number of carbonyl (C=O) groups excluding carboxylic acids is 2. The second kappa shape index (κ2) is 11.4. The number of imide groups is 1. The first-order chi connectivity index (χ1) is 18.4. The lowest BCUT2D eigenvalue weighted by Crippen LogP contribution is -2.50. The van der Waals surface area contributed by atoms with Crippen LogP contribution in [0.15, 0.2) is 60.3 Å². The first kappa shape index (κ1) is 26.0. The summed E-state index contributed by atoms with van der Waals surface area (Å²) in [4.78, 5) is 32.1. The van der Waals surface area contributed by atoms with Gasteiger partial charge in [-0.1, -0.05) is 44.2 Å². The first-order valence-corrected chi connectivity index (χ1v) is 13.5. The Hall–Kier alpha value is -3.65. The SMILES string of the molecule is C=CC1=C(/C=C/c2ncc(N3CCC(=O)NC3=O)n2C)CN(Cc2ccc(O[C@@H]3CCCC[C@@H]3C)cc2)C1. The Morgan fingerprint density at radius 2 is 1.87 bits per heavy atom. The fraction of sp³-hybridized carbons (Fsp3) is 0.433. The summed E-state index contributed by atoms with van der Waals surface area (Å²) in [6.07, 6.45) is 13.3. The molecular weight excluding hydrogens is 478 g/mol. The van der Waals surface area contributed by atoms with Gasteiger partial charge in [0.05, 0.1) is 6.20 Å². The Labute approximate surface area is 224 Å². The Bertz CT molecular complexity index is 1260. The van der Waals surface area contributed by atoms with Crippen molar-refractivity contribution in [3.63, 3.8) is 0 Å². The highest BCUT2D eigenvalue weighted by atomic mass is 16.5. The van der Waals surface area contributed by atoms with Gasteiger partial charge in [0.1, 0.15) is 23.5 Å². The van der Waals surface area contributed by atoms with E-state index in [1.807, 2.05) is 23.8 Å². The highest BCUT2D eigenvalue weighted by molar-refractivity contribution is 6.05. The lowest BCUT2D eigenvalue weighted by Gasteiger charge is -2.29. The van der Waals surface area contributed by atoms with E-state index in [4.69, 9.17) is 4.74 Å². The molecule has 0 radical (unpaired) electrons. The number of urea groups is 1. The van der Waals surface area contributed by atoms with Crippen LogP contribution in [0.1, 0.15) is 50.4 Å². The summed E-state index contributed by atoms with van der Waals surface area (Å²) in [5.74, 6) is 2.73. The number of nitrogens with one attached hydrogen (secondary N) is 1. The molecule has 2 aromatic rings. The predicted molar refractivity (Wildman–Crippen MR) is 149 cm³/mol. The number of amides is 3. The quantitative estimate of drug-likeness (QED) is 0.545. The van der Waals surface area contributed by atoms with Crippen LogP contribution < -0.4 is 15.0 Å². The number of nitrogens with zero attached hydrogens (tertiary/aromatic N) is 4. The van der Waals surface area contributed by atoms with Gasteiger partial charge in [0, 0.05) is 39.6 Å². The normalized spacial score (nSPS) is 22.8. The molecule has 2 aliphatic heterocycles. The number of imidazole rings is 1. The molecular formula is C30H37N5O3. The Morgan fingerprint density at radius 3 is 2.61 bits per heavy atom. The lowest BCUT2D eigenvalue weighted by molar-refractivity contribution is -0.120. The molecule has 1 N–H and O–H groups in total. The third-order valence-corrected chi connectivity index (χ3v) is 7.86. The number of carbonyl (C=O) groups is 2. The molecule has 1 saturated carbocycles.